The number of carbonyl (C=O) groups is 1. The second kappa shape index (κ2) is 8.41. The monoisotopic (exact) mass is 444 g/mol. The first kappa shape index (κ1) is 20.2. The molecule has 0 radical (unpaired) electrons. The molecule has 3 heterocycles. The maximum atomic E-state index is 12.7. The number of halogens is 2. The third-order valence-electron chi connectivity index (χ3n) is 6.85. The van der Waals surface area contributed by atoms with E-state index in [-0.39, 0.29) is 18.2 Å². The van der Waals surface area contributed by atoms with Crippen LogP contribution in [0.1, 0.15) is 42.9 Å². The van der Waals surface area contributed by atoms with Gasteiger partial charge in [-0.2, -0.15) is 0 Å². The standard InChI is InChI=1S/C24H26Cl2N2O2/c25-18-6-7-21(26)19(13-18)17-5-4-15-2-1-3-22(20(15)12-17)27-24(29)30-23-14-28-10-8-16(23)9-11-28/h4-7,12-13,16,22-23H,1-3,8-11,14H2,(H,27,29)/t22?,23-/m1/s1. The molecule has 2 bridgehead atoms. The fourth-order valence-corrected chi connectivity index (χ4v) is 5.59. The number of ether oxygens (including phenoxy) is 1. The summed E-state index contributed by atoms with van der Waals surface area (Å²) in [5, 5.41) is 4.47. The summed E-state index contributed by atoms with van der Waals surface area (Å²) in [6.45, 7) is 3.14. The van der Waals surface area contributed by atoms with Crippen LogP contribution in [0.4, 0.5) is 4.79 Å². The molecule has 2 aromatic carbocycles. The van der Waals surface area contributed by atoms with E-state index in [0.717, 1.165) is 68.4 Å². The van der Waals surface area contributed by atoms with Gasteiger partial charge in [-0.25, -0.2) is 4.79 Å². The number of benzene rings is 2. The van der Waals surface area contributed by atoms with Crippen LogP contribution in [-0.4, -0.2) is 36.7 Å². The van der Waals surface area contributed by atoms with Gasteiger partial charge in [0.2, 0.25) is 0 Å². The van der Waals surface area contributed by atoms with E-state index in [1.165, 1.54) is 5.56 Å². The summed E-state index contributed by atoms with van der Waals surface area (Å²) < 4.78 is 5.86. The number of nitrogens with zero attached hydrogens (tertiary/aromatic N) is 1. The molecule has 3 saturated heterocycles. The highest BCUT2D eigenvalue weighted by Gasteiger charge is 2.37. The smallest absolute Gasteiger partial charge is 0.407 e. The summed E-state index contributed by atoms with van der Waals surface area (Å²) in [4.78, 5) is 15.1. The van der Waals surface area contributed by atoms with E-state index in [4.69, 9.17) is 27.9 Å². The second-order valence-electron chi connectivity index (χ2n) is 8.71. The highest BCUT2D eigenvalue weighted by atomic mass is 35.5. The summed E-state index contributed by atoms with van der Waals surface area (Å²) in [5.41, 5.74) is 4.35. The average molecular weight is 445 g/mol. The second-order valence-corrected chi connectivity index (χ2v) is 9.55. The third-order valence-corrected chi connectivity index (χ3v) is 7.41. The lowest BCUT2D eigenvalue weighted by Gasteiger charge is -2.44. The van der Waals surface area contributed by atoms with E-state index in [2.05, 4.69) is 28.4 Å². The van der Waals surface area contributed by atoms with E-state index in [1.807, 2.05) is 12.1 Å². The van der Waals surface area contributed by atoms with E-state index in [9.17, 15) is 4.79 Å². The van der Waals surface area contributed by atoms with Crippen molar-refractivity contribution in [3.05, 3.63) is 57.6 Å². The Bertz CT molecular complexity index is 956. The molecule has 0 aromatic heterocycles. The Hall–Kier alpha value is -1.75. The van der Waals surface area contributed by atoms with Gasteiger partial charge in [-0.1, -0.05) is 35.3 Å². The van der Waals surface area contributed by atoms with Crippen molar-refractivity contribution >= 4 is 29.3 Å². The number of piperidine rings is 3. The lowest BCUT2D eigenvalue weighted by Crippen LogP contribution is -2.52. The van der Waals surface area contributed by atoms with Gasteiger partial charge < -0.3 is 10.1 Å². The molecule has 158 valence electrons. The zero-order chi connectivity index (χ0) is 20.7. The molecule has 30 heavy (non-hydrogen) atoms. The first-order valence-corrected chi connectivity index (χ1v) is 11.6. The number of aryl methyl sites for hydroxylation is 1. The first-order valence-electron chi connectivity index (χ1n) is 10.8. The number of fused-ring (bicyclic) bond motifs is 4. The van der Waals surface area contributed by atoms with E-state index in [0.29, 0.717) is 16.0 Å². The summed E-state index contributed by atoms with van der Waals surface area (Å²) in [7, 11) is 0. The van der Waals surface area contributed by atoms with E-state index in [1.54, 1.807) is 6.07 Å². The van der Waals surface area contributed by atoms with Crippen LogP contribution in [0.15, 0.2) is 36.4 Å². The maximum absolute atomic E-state index is 12.7. The molecule has 1 aliphatic carbocycles. The number of amides is 1. The minimum absolute atomic E-state index is 0.0205. The molecule has 4 nitrogen and oxygen atoms in total. The number of nitrogens with one attached hydrogen (secondary N) is 1. The Morgan fingerprint density at radius 3 is 2.67 bits per heavy atom. The zero-order valence-electron chi connectivity index (χ0n) is 16.9. The van der Waals surface area contributed by atoms with Crippen LogP contribution in [0, 0.1) is 5.92 Å². The summed E-state index contributed by atoms with van der Waals surface area (Å²) >= 11 is 12.6. The van der Waals surface area contributed by atoms with Crippen molar-refractivity contribution in [2.45, 2.75) is 44.2 Å². The number of hydrogen-bond acceptors (Lipinski definition) is 3. The molecule has 3 aliphatic heterocycles. The van der Waals surface area contributed by atoms with Crippen LogP contribution in [0.25, 0.3) is 11.1 Å². The third kappa shape index (κ3) is 4.05. The maximum Gasteiger partial charge on any atom is 0.407 e. The lowest BCUT2D eigenvalue weighted by atomic mass is 9.85. The van der Waals surface area contributed by atoms with Gasteiger partial charge in [0.15, 0.2) is 0 Å². The Kier molecular flexibility index (Phi) is 5.65. The highest BCUT2D eigenvalue weighted by molar-refractivity contribution is 6.35. The van der Waals surface area contributed by atoms with Crippen molar-refractivity contribution in [1.82, 2.24) is 10.2 Å². The van der Waals surface area contributed by atoms with E-state index >= 15 is 0 Å². The molecular weight excluding hydrogens is 419 g/mol. The summed E-state index contributed by atoms with van der Waals surface area (Å²) in [6.07, 6.45) is 4.97. The van der Waals surface area contributed by atoms with Crippen LogP contribution < -0.4 is 5.32 Å². The number of hydrogen-bond donors (Lipinski definition) is 1. The van der Waals surface area contributed by atoms with Gasteiger partial charge >= 0.3 is 6.09 Å². The Morgan fingerprint density at radius 1 is 1.07 bits per heavy atom. The van der Waals surface area contributed by atoms with Crippen LogP contribution in [0.5, 0.6) is 0 Å². The molecule has 0 saturated carbocycles. The van der Waals surface area contributed by atoms with Crippen LogP contribution in [0.3, 0.4) is 0 Å². The lowest BCUT2D eigenvalue weighted by molar-refractivity contribution is -0.0340. The molecule has 1 amide bonds. The number of rotatable bonds is 3. The quantitative estimate of drug-likeness (QED) is 0.644. The molecule has 0 spiro atoms. The number of alkyl carbamates (subject to hydrolysis) is 1. The zero-order valence-corrected chi connectivity index (χ0v) is 18.4. The summed E-state index contributed by atoms with van der Waals surface area (Å²) in [6, 6.07) is 11.8. The van der Waals surface area contributed by atoms with Gasteiger partial charge in [-0.3, -0.25) is 4.90 Å². The fraction of sp³-hybridized carbons (Fsp3) is 0.458. The van der Waals surface area contributed by atoms with Crippen molar-refractivity contribution in [3.63, 3.8) is 0 Å². The van der Waals surface area contributed by atoms with Crippen LogP contribution >= 0.6 is 23.2 Å². The van der Waals surface area contributed by atoms with Gasteiger partial charge in [-0.05, 0) is 92.1 Å². The molecule has 6 heteroatoms. The molecule has 1 N–H and O–H groups in total. The summed E-state index contributed by atoms with van der Waals surface area (Å²) in [5.74, 6) is 0.510. The van der Waals surface area contributed by atoms with Gasteiger partial charge in [0.25, 0.3) is 0 Å². The van der Waals surface area contributed by atoms with Gasteiger partial charge in [-0.15, -0.1) is 0 Å². The topological polar surface area (TPSA) is 41.6 Å². The molecule has 2 atom stereocenters. The normalized spacial score (nSPS) is 27.4. The van der Waals surface area contributed by atoms with Crippen LogP contribution in [-0.2, 0) is 11.2 Å². The fourth-order valence-electron chi connectivity index (χ4n) is 5.19. The molecule has 2 aromatic rings. The van der Waals surface area contributed by atoms with Crippen molar-refractivity contribution in [2.75, 3.05) is 19.6 Å². The van der Waals surface area contributed by atoms with Crippen molar-refractivity contribution < 1.29 is 9.53 Å². The van der Waals surface area contributed by atoms with E-state index < -0.39 is 0 Å². The Labute approximate surface area is 187 Å². The predicted molar refractivity (Wildman–Crippen MR) is 120 cm³/mol. The molecular formula is C24H26Cl2N2O2. The first-order chi connectivity index (χ1) is 14.6. The SMILES string of the molecule is O=C(NC1CCCc2ccc(-c3cc(Cl)ccc3Cl)cc21)O[C@@H]1CN2CCC1CC2. The van der Waals surface area contributed by atoms with Gasteiger partial charge in [0, 0.05) is 22.2 Å². The van der Waals surface area contributed by atoms with Crippen molar-refractivity contribution in [1.29, 1.82) is 0 Å². The number of carbonyl (C=O) groups excluding carboxylic acids is 1. The minimum Gasteiger partial charge on any atom is -0.445 e. The Balaban J connectivity index is 1.34. The molecule has 6 rings (SSSR count). The van der Waals surface area contributed by atoms with Crippen LogP contribution in [0.2, 0.25) is 10.0 Å². The van der Waals surface area contributed by atoms with Crippen molar-refractivity contribution in [3.8, 4) is 11.1 Å². The average Bonchev–Trinajstić information content (AvgIpc) is 2.76. The molecule has 3 fully saturated rings. The highest BCUT2D eigenvalue weighted by Crippen LogP contribution is 2.37. The van der Waals surface area contributed by atoms with Gasteiger partial charge in [0.1, 0.15) is 6.10 Å². The Morgan fingerprint density at radius 2 is 1.90 bits per heavy atom. The largest absolute Gasteiger partial charge is 0.445 e. The van der Waals surface area contributed by atoms with Crippen molar-refractivity contribution in [2.24, 2.45) is 5.92 Å². The predicted octanol–water partition coefficient (Wildman–Crippen LogP) is 5.86. The molecule has 1 unspecified atom stereocenters. The minimum atomic E-state index is -0.294. The molecule has 4 aliphatic rings. The van der Waals surface area contributed by atoms with Gasteiger partial charge in [0.05, 0.1) is 6.04 Å².